The molecule has 1 aromatic rings. The molecule has 0 saturated carbocycles. The smallest absolute Gasteiger partial charge is 0.269 e. The molecule has 0 bridgehead atoms. The normalized spacial score (nSPS) is 18.9. The Balaban J connectivity index is 1.96. The highest BCUT2D eigenvalue weighted by molar-refractivity contribution is 5.91. The molecule has 0 spiro atoms. The minimum Gasteiger partial charge on any atom is -0.394 e. The van der Waals surface area contributed by atoms with Crippen molar-refractivity contribution in [3.63, 3.8) is 0 Å². The van der Waals surface area contributed by atoms with Crippen molar-refractivity contribution < 1.29 is 19.6 Å². The number of carbonyl (C=O) groups excluding carboxylic acids is 1. The number of aliphatic hydroxyl groups excluding tert-OH is 1. The molecular weight excluding hydrogens is 276 g/mol. The number of carbonyl (C=O) groups is 1. The zero-order valence-corrected chi connectivity index (χ0v) is 11.3. The van der Waals surface area contributed by atoms with Gasteiger partial charge in [0.1, 0.15) is 0 Å². The van der Waals surface area contributed by atoms with Gasteiger partial charge in [0.2, 0.25) is 5.91 Å². The number of nitro benzene ring substituents is 1. The number of hydrogen-bond acceptors (Lipinski definition) is 5. The number of morpholine rings is 1. The molecule has 0 aliphatic carbocycles. The van der Waals surface area contributed by atoms with E-state index in [-0.39, 0.29) is 24.3 Å². The topological polar surface area (TPSA) is 92.9 Å². The Morgan fingerprint density at radius 3 is 2.81 bits per heavy atom. The van der Waals surface area contributed by atoms with Crippen LogP contribution in [0.2, 0.25) is 0 Å². The molecule has 0 radical (unpaired) electrons. The van der Waals surface area contributed by atoms with E-state index in [1.54, 1.807) is 23.1 Å². The van der Waals surface area contributed by atoms with Gasteiger partial charge in [0.05, 0.1) is 24.2 Å². The second kappa shape index (κ2) is 6.96. The first-order chi connectivity index (χ1) is 10.1. The van der Waals surface area contributed by atoms with Crippen molar-refractivity contribution in [2.75, 3.05) is 26.3 Å². The molecule has 1 unspecified atom stereocenters. The fraction of sp³-hybridized carbons (Fsp3) is 0.357. The van der Waals surface area contributed by atoms with E-state index in [1.807, 2.05) is 0 Å². The molecular formula is C14H16N2O5. The highest BCUT2D eigenvalue weighted by Gasteiger charge is 2.22. The lowest BCUT2D eigenvalue weighted by Crippen LogP contribution is -2.46. The Bertz CT molecular complexity index is 541. The summed E-state index contributed by atoms with van der Waals surface area (Å²) in [4.78, 5) is 23.7. The van der Waals surface area contributed by atoms with Crippen molar-refractivity contribution in [3.05, 3.63) is 46.0 Å². The Morgan fingerprint density at radius 1 is 1.48 bits per heavy atom. The minimum atomic E-state index is -0.471. The standard InChI is InChI=1S/C14H16N2O5/c17-10-13-9-15(7-8-21-13)14(18)6-3-11-1-4-12(5-2-11)16(19)20/h1-6,13,17H,7-10H2/b6-3+. The monoisotopic (exact) mass is 292 g/mol. The van der Waals surface area contributed by atoms with E-state index in [2.05, 4.69) is 0 Å². The fourth-order valence-corrected chi connectivity index (χ4v) is 2.01. The van der Waals surface area contributed by atoms with Crippen LogP contribution in [0.1, 0.15) is 5.56 Å². The Morgan fingerprint density at radius 2 is 2.19 bits per heavy atom. The second-order valence-corrected chi connectivity index (χ2v) is 4.64. The number of ether oxygens (including phenoxy) is 1. The van der Waals surface area contributed by atoms with Crippen LogP contribution in [0, 0.1) is 10.1 Å². The zero-order valence-electron chi connectivity index (χ0n) is 11.3. The highest BCUT2D eigenvalue weighted by atomic mass is 16.6. The van der Waals surface area contributed by atoms with E-state index < -0.39 is 4.92 Å². The summed E-state index contributed by atoms with van der Waals surface area (Å²) in [5, 5.41) is 19.6. The lowest BCUT2D eigenvalue weighted by Gasteiger charge is -2.31. The van der Waals surface area contributed by atoms with Gasteiger partial charge in [-0.25, -0.2) is 0 Å². The summed E-state index contributed by atoms with van der Waals surface area (Å²) in [6.45, 7) is 1.14. The molecule has 1 saturated heterocycles. The summed E-state index contributed by atoms with van der Waals surface area (Å²) in [6, 6.07) is 5.94. The number of benzene rings is 1. The molecule has 1 aromatic carbocycles. The van der Waals surface area contributed by atoms with Gasteiger partial charge in [-0.15, -0.1) is 0 Å². The van der Waals surface area contributed by atoms with Gasteiger partial charge in [0.25, 0.3) is 5.69 Å². The largest absolute Gasteiger partial charge is 0.394 e. The maximum absolute atomic E-state index is 12.0. The lowest BCUT2D eigenvalue weighted by atomic mass is 10.2. The van der Waals surface area contributed by atoms with E-state index >= 15 is 0 Å². The third-order valence-corrected chi connectivity index (χ3v) is 3.18. The Kier molecular flexibility index (Phi) is 5.02. The minimum absolute atomic E-state index is 0.0115. The first kappa shape index (κ1) is 15.1. The number of hydrogen-bond donors (Lipinski definition) is 1. The SMILES string of the molecule is O=C(/C=C/c1ccc([N+](=O)[O-])cc1)N1CCOC(CO)C1. The number of non-ortho nitro benzene ring substituents is 1. The maximum atomic E-state index is 12.0. The van der Waals surface area contributed by atoms with Crippen LogP contribution >= 0.6 is 0 Å². The predicted molar refractivity (Wildman–Crippen MR) is 75.5 cm³/mol. The first-order valence-electron chi connectivity index (χ1n) is 6.54. The van der Waals surface area contributed by atoms with Crippen LogP contribution in [-0.4, -0.2) is 53.2 Å². The number of aliphatic hydroxyl groups is 1. The summed E-state index contributed by atoms with van der Waals surface area (Å²) in [7, 11) is 0. The molecule has 1 atom stereocenters. The van der Waals surface area contributed by atoms with Gasteiger partial charge in [-0.2, -0.15) is 0 Å². The third-order valence-electron chi connectivity index (χ3n) is 3.18. The van der Waals surface area contributed by atoms with E-state index in [0.717, 1.165) is 0 Å². The molecule has 0 aromatic heterocycles. The van der Waals surface area contributed by atoms with E-state index in [0.29, 0.717) is 25.3 Å². The van der Waals surface area contributed by atoms with Crippen LogP contribution in [0.15, 0.2) is 30.3 Å². The lowest BCUT2D eigenvalue weighted by molar-refractivity contribution is -0.384. The van der Waals surface area contributed by atoms with Crippen LogP contribution in [0.3, 0.4) is 0 Å². The summed E-state index contributed by atoms with van der Waals surface area (Å²) >= 11 is 0. The summed E-state index contributed by atoms with van der Waals surface area (Å²) in [5.41, 5.74) is 0.721. The number of amides is 1. The molecule has 1 N–H and O–H groups in total. The molecule has 21 heavy (non-hydrogen) atoms. The van der Waals surface area contributed by atoms with Crippen LogP contribution in [0.25, 0.3) is 6.08 Å². The molecule has 1 aliphatic heterocycles. The Labute approximate surface area is 121 Å². The van der Waals surface area contributed by atoms with Crippen LogP contribution in [-0.2, 0) is 9.53 Å². The third kappa shape index (κ3) is 4.11. The average molecular weight is 292 g/mol. The predicted octanol–water partition coefficient (Wildman–Crippen LogP) is 0.828. The highest BCUT2D eigenvalue weighted by Crippen LogP contribution is 2.13. The van der Waals surface area contributed by atoms with Crippen molar-refractivity contribution in [1.29, 1.82) is 0 Å². The quantitative estimate of drug-likeness (QED) is 0.504. The van der Waals surface area contributed by atoms with E-state index in [1.165, 1.54) is 18.2 Å². The zero-order chi connectivity index (χ0) is 15.2. The van der Waals surface area contributed by atoms with E-state index in [9.17, 15) is 14.9 Å². The van der Waals surface area contributed by atoms with Gasteiger partial charge in [-0.3, -0.25) is 14.9 Å². The number of rotatable bonds is 4. The molecule has 112 valence electrons. The van der Waals surface area contributed by atoms with Crippen LogP contribution < -0.4 is 0 Å². The van der Waals surface area contributed by atoms with Gasteiger partial charge in [-0.05, 0) is 23.8 Å². The first-order valence-corrected chi connectivity index (χ1v) is 6.54. The van der Waals surface area contributed by atoms with Crippen molar-refractivity contribution in [2.24, 2.45) is 0 Å². The molecule has 1 fully saturated rings. The van der Waals surface area contributed by atoms with Gasteiger partial charge >= 0.3 is 0 Å². The van der Waals surface area contributed by atoms with Crippen molar-refractivity contribution >= 4 is 17.7 Å². The van der Waals surface area contributed by atoms with E-state index in [4.69, 9.17) is 9.84 Å². The van der Waals surface area contributed by atoms with Gasteiger partial charge in [-0.1, -0.05) is 0 Å². The van der Waals surface area contributed by atoms with Crippen molar-refractivity contribution in [1.82, 2.24) is 4.90 Å². The van der Waals surface area contributed by atoms with Crippen molar-refractivity contribution in [3.8, 4) is 0 Å². The molecule has 7 nitrogen and oxygen atoms in total. The summed E-state index contributed by atoms with van der Waals surface area (Å²) in [5.74, 6) is -0.171. The summed E-state index contributed by atoms with van der Waals surface area (Å²) in [6.07, 6.45) is 2.69. The molecule has 2 rings (SSSR count). The van der Waals surface area contributed by atoms with Gasteiger partial charge < -0.3 is 14.7 Å². The fourth-order valence-electron chi connectivity index (χ4n) is 2.01. The van der Waals surface area contributed by atoms with Crippen LogP contribution in [0.4, 0.5) is 5.69 Å². The van der Waals surface area contributed by atoms with Gasteiger partial charge in [0.15, 0.2) is 0 Å². The van der Waals surface area contributed by atoms with Crippen molar-refractivity contribution in [2.45, 2.75) is 6.10 Å². The van der Waals surface area contributed by atoms with Crippen LogP contribution in [0.5, 0.6) is 0 Å². The second-order valence-electron chi connectivity index (χ2n) is 4.64. The molecule has 7 heteroatoms. The maximum Gasteiger partial charge on any atom is 0.269 e. The van der Waals surface area contributed by atoms with Gasteiger partial charge in [0, 0.05) is 31.3 Å². The molecule has 1 amide bonds. The number of nitro groups is 1. The molecule has 1 aliphatic rings. The Hall–Kier alpha value is -2.25. The average Bonchev–Trinajstić information content (AvgIpc) is 2.53. The summed E-state index contributed by atoms with van der Waals surface area (Å²) < 4.78 is 5.27. The molecule has 1 heterocycles. The number of nitrogens with zero attached hydrogens (tertiary/aromatic N) is 2.